The number of carbonyl (C=O) groups is 1. The van der Waals surface area contributed by atoms with Crippen LogP contribution in [0.1, 0.15) is 44.9 Å². The zero-order valence-corrected chi connectivity index (χ0v) is 20.4. The molecule has 0 amide bonds. The second-order valence-electron chi connectivity index (χ2n) is 9.56. The van der Waals surface area contributed by atoms with Crippen molar-refractivity contribution in [1.82, 2.24) is 14.9 Å². The number of rotatable bonds is 11. The molecule has 1 aromatic heterocycles. The molecule has 4 rings (SSSR count). The maximum absolute atomic E-state index is 13.7. The Morgan fingerprint density at radius 3 is 2.66 bits per heavy atom. The molecule has 0 unspecified atom stereocenters. The lowest BCUT2D eigenvalue weighted by Gasteiger charge is -2.36. The highest BCUT2D eigenvalue weighted by atomic mass is 19.1. The zero-order valence-electron chi connectivity index (χ0n) is 20.4. The second kappa shape index (κ2) is 12.7. The van der Waals surface area contributed by atoms with Crippen molar-refractivity contribution in [2.45, 2.75) is 51.0 Å². The molecule has 2 aliphatic rings. The molecule has 1 aromatic carbocycles. The van der Waals surface area contributed by atoms with Gasteiger partial charge in [-0.25, -0.2) is 14.4 Å². The van der Waals surface area contributed by atoms with E-state index in [2.05, 4.69) is 30.0 Å². The van der Waals surface area contributed by atoms with Crippen LogP contribution in [-0.2, 0) is 4.79 Å². The van der Waals surface area contributed by atoms with Crippen molar-refractivity contribution in [2.75, 3.05) is 60.9 Å². The largest absolute Gasteiger partial charge is 0.481 e. The number of carboxylic acids is 1. The summed E-state index contributed by atoms with van der Waals surface area (Å²) in [5.74, 6) is 0.890. The first-order chi connectivity index (χ1) is 17.1. The number of hydrogen-bond acceptors (Lipinski definition) is 7. The third-order valence-corrected chi connectivity index (χ3v) is 6.91. The molecule has 1 atom stereocenters. The van der Waals surface area contributed by atoms with E-state index in [-0.39, 0.29) is 18.3 Å². The second-order valence-corrected chi connectivity index (χ2v) is 9.56. The molecule has 0 aliphatic carbocycles. The molecule has 35 heavy (non-hydrogen) atoms. The molecule has 2 aromatic rings. The van der Waals surface area contributed by atoms with Gasteiger partial charge in [0.05, 0.1) is 0 Å². The SMILES string of the molecule is O=C(O)CCCCCCN1CCN(c2cc(N[C@@H]3CCCN(c4cccc(F)c4)C3)ncn2)CC1. The summed E-state index contributed by atoms with van der Waals surface area (Å²) < 4.78 is 13.7. The summed E-state index contributed by atoms with van der Waals surface area (Å²) in [6, 6.07) is 9.11. The Hall–Kier alpha value is -2.94. The number of aliphatic carboxylic acids is 1. The summed E-state index contributed by atoms with van der Waals surface area (Å²) >= 11 is 0. The van der Waals surface area contributed by atoms with Gasteiger partial charge in [-0.1, -0.05) is 18.9 Å². The zero-order chi connectivity index (χ0) is 24.5. The Labute approximate surface area is 207 Å². The summed E-state index contributed by atoms with van der Waals surface area (Å²) in [5, 5.41) is 12.3. The standard InChI is InChI=1S/C26H37FN6O2/c27-21-7-5-9-23(17-21)33-12-6-8-22(19-33)30-24-18-25(29-20-28-24)32-15-13-31(14-16-32)11-4-2-1-3-10-26(34)35/h5,7,9,17-18,20,22H,1-4,6,8,10-16,19H2,(H,34,35)(H,28,29,30)/t22-/m1/s1. The fourth-order valence-corrected chi connectivity index (χ4v) is 4.98. The first-order valence-electron chi connectivity index (χ1n) is 12.8. The van der Waals surface area contributed by atoms with E-state index in [4.69, 9.17) is 5.11 Å². The van der Waals surface area contributed by atoms with E-state index in [1.54, 1.807) is 18.5 Å². The molecule has 9 heteroatoms. The molecule has 2 saturated heterocycles. The van der Waals surface area contributed by atoms with Crippen LogP contribution >= 0.6 is 0 Å². The minimum absolute atomic E-state index is 0.200. The lowest BCUT2D eigenvalue weighted by atomic mass is 10.0. The van der Waals surface area contributed by atoms with Crippen LogP contribution in [-0.4, -0.2) is 77.8 Å². The molecule has 8 nitrogen and oxygen atoms in total. The van der Waals surface area contributed by atoms with Crippen molar-refractivity contribution in [3.63, 3.8) is 0 Å². The van der Waals surface area contributed by atoms with E-state index in [1.807, 2.05) is 12.1 Å². The van der Waals surface area contributed by atoms with Gasteiger partial charge in [-0.2, -0.15) is 0 Å². The van der Waals surface area contributed by atoms with Gasteiger partial charge in [0, 0.05) is 63.5 Å². The summed E-state index contributed by atoms with van der Waals surface area (Å²) in [5.41, 5.74) is 0.929. The molecular formula is C26H37FN6O2. The summed E-state index contributed by atoms with van der Waals surface area (Å²) in [4.78, 5) is 26.6. The highest BCUT2D eigenvalue weighted by Gasteiger charge is 2.22. The van der Waals surface area contributed by atoms with Crippen molar-refractivity contribution in [1.29, 1.82) is 0 Å². The lowest BCUT2D eigenvalue weighted by molar-refractivity contribution is -0.137. The van der Waals surface area contributed by atoms with Gasteiger partial charge in [0.25, 0.3) is 0 Å². The Bertz CT molecular complexity index is 953. The number of nitrogens with one attached hydrogen (secondary N) is 1. The van der Waals surface area contributed by atoms with Crippen LogP contribution in [0.5, 0.6) is 0 Å². The molecule has 2 N–H and O–H groups in total. The van der Waals surface area contributed by atoms with Crippen molar-refractivity contribution < 1.29 is 14.3 Å². The molecule has 190 valence electrons. The Balaban J connectivity index is 1.22. The fourth-order valence-electron chi connectivity index (χ4n) is 4.98. The highest BCUT2D eigenvalue weighted by Crippen LogP contribution is 2.23. The molecule has 2 aliphatic heterocycles. The van der Waals surface area contributed by atoms with Crippen molar-refractivity contribution in [3.8, 4) is 0 Å². The molecule has 3 heterocycles. The Kier molecular flexibility index (Phi) is 9.11. The lowest BCUT2D eigenvalue weighted by Crippen LogP contribution is -2.47. The minimum atomic E-state index is -0.700. The number of halogens is 1. The van der Waals surface area contributed by atoms with Crippen LogP contribution in [0.2, 0.25) is 0 Å². The molecular weight excluding hydrogens is 447 g/mol. The third-order valence-electron chi connectivity index (χ3n) is 6.91. The Morgan fingerprint density at radius 2 is 1.86 bits per heavy atom. The number of carboxylic acid groups (broad SMARTS) is 1. The van der Waals surface area contributed by atoms with Gasteiger partial charge in [-0.3, -0.25) is 9.69 Å². The normalized spacial score (nSPS) is 19.1. The molecule has 0 spiro atoms. The highest BCUT2D eigenvalue weighted by molar-refractivity contribution is 5.66. The van der Waals surface area contributed by atoms with Crippen LogP contribution in [0.25, 0.3) is 0 Å². The third kappa shape index (κ3) is 7.78. The van der Waals surface area contributed by atoms with Gasteiger partial charge >= 0.3 is 5.97 Å². The van der Waals surface area contributed by atoms with Gasteiger partial charge in [0.1, 0.15) is 23.8 Å². The first-order valence-corrected chi connectivity index (χ1v) is 12.8. The summed E-state index contributed by atoms with van der Waals surface area (Å²) in [6.07, 6.45) is 7.99. The first kappa shape index (κ1) is 25.2. The monoisotopic (exact) mass is 484 g/mol. The van der Waals surface area contributed by atoms with E-state index in [1.165, 1.54) is 6.07 Å². The average molecular weight is 485 g/mol. The topological polar surface area (TPSA) is 84.8 Å². The predicted molar refractivity (Wildman–Crippen MR) is 137 cm³/mol. The van der Waals surface area contributed by atoms with Crippen molar-refractivity contribution in [3.05, 3.63) is 42.5 Å². The number of aromatic nitrogens is 2. The van der Waals surface area contributed by atoms with E-state index in [0.29, 0.717) is 0 Å². The van der Waals surface area contributed by atoms with Gasteiger partial charge in [-0.05, 0) is 50.4 Å². The maximum atomic E-state index is 13.7. The fraction of sp³-hybridized carbons (Fsp3) is 0.577. The summed E-state index contributed by atoms with van der Waals surface area (Å²) in [7, 11) is 0. The van der Waals surface area contributed by atoms with Gasteiger partial charge in [0.15, 0.2) is 0 Å². The van der Waals surface area contributed by atoms with Crippen LogP contribution in [0.15, 0.2) is 36.7 Å². The van der Waals surface area contributed by atoms with Gasteiger partial charge in [-0.15, -0.1) is 0 Å². The van der Waals surface area contributed by atoms with Crippen LogP contribution in [0.3, 0.4) is 0 Å². The predicted octanol–water partition coefficient (Wildman–Crippen LogP) is 3.85. The van der Waals surface area contributed by atoms with Crippen LogP contribution in [0.4, 0.5) is 21.7 Å². The average Bonchev–Trinajstić information content (AvgIpc) is 2.87. The quantitative estimate of drug-likeness (QED) is 0.465. The minimum Gasteiger partial charge on any atom is -0.481 e. The maximum Gasteiger partial charge on any atom is 0.303 e. The van der Waals surface area contributed by atoms with E-state index < -0.39 is 5.97 Å². The number of piperazine rings is 1. The van der Waals surface area contributed by atoms with Crippen LogP contribution < -0.4 is 15.1 Å². The number of anilines is 3. The van der Waals surface area contributed by atoms with Crippen molar-refractivity contribution in [2.24, 2.45) is 0 Å². The Morgan fingerprint density at radius 1 is 1.03 bits per heavy atom. The molecule has 2 fully saturated rings. The summed E-state index contributed by atoms with van der Waals surface area (Å²) in [6.45, 7) is 6.71. The van der Waals surface area contributed by atoms with Crippen molar-refractivity contribution >= 4 is 23.3 Å². The molecule has 0 saturated carbocycles. The smallest absolute Gasteiger partial charge is 0.303 e. The molecule has 0 bridgehead atoms. The number of unbranched alkanes of at least 4 members (excludes halogenated alkanes) is 3. The van der Waals surface area contributed by atoms with Crippen LogP contribution in [0, 0.1) is 5.82 Å². The number of hydrogen-bond donors (Lipinski definition) is 2. The number of nitrogens with zero attached hydrogens (tertiary/aromatic N) is 5. The number of benzene rings is 1. The van der Waals surface area contributed by atoms with E-state index in [0.717, 1.165) is 102 Å². The van der Waals surface area contributed by atoms with Gasteiger partial charge < -0.3 is 20.2 Å². The van der Waals surface area contributed by atoms with E-state index in [9.17, 15) is 9.18 Å². The van der Waals surface area contributed by atoms with Gasteiger partial charge in [0.2, 0.25) is 0 Å². The molecule has 0 radical (unpaired) electrons. The van der Waals surface area contributed by atoms with E-state index >= 15 is 0 Å². The number of piperidine rings is 1.